The number of hydrogen-bond acceptors (Lipinski definition) is 4. The van der Waals surface area contributed by atoms with Crippen LogP contribution in [0, 0.1) is 12.7 Å². The first kappa shape index (κ1) is 23.2. The summed E-state index contributed by atoms with van der Waals surface area (Å²) in [7, 11) is 0. The van der Waals surface area contributed by atoms with Gasteiger partial charge >= 0.3 is 0 Å². The Hall–Kier alpha value is -2.96. The number of carbonyl (C=O) groups is 1. The fraction of sp³-hybridized carbons (Fsp3) is 0.308. The monoisotopic (exact) mass is 466 g/mol. The van der Waals surface area contributed by atoms with E-state index in [0.717, 1.165) is 61.7 Å². The van der Waals surface area contributed by atoms with Crippen LogP contribution in [0.1, 0.15) is 33.5 Å². The van der Waals surface area contributed by atoms with Crippen molar-refractivity contribution < 1.29 is 9.18 Å². The minimum absolute atomic E-state index is 0.147. The van der Waals surface area contributed by atoms with Gasteiger partial charge in [-0.25, -0.2) is 9.37 Å². The van der Waals surface area contributed by atoms with E-state index in [9.17, 15) is 9.18 Å². The molecule has 2 heterocycles. The van der Waals surface area contributed by atoms with E-state index >= 15 is 0 Å². The molecule has 0 aliphatic carbocycles. The van der Waals surface area contributed by atoms with Gasteiger partial charge in [-0.3, -0.25) is 9.69 Å². The Morgan fingerprint density at radius 3 is 2.70 bits per heavy atom. The Morgan fingerprint density at radius 1 is 1.06 bits per heavy atom. The van der Waals surface area contributed by atoms with E-state index in [1.54, 1.807) is 24.4 Å². The lowest BCUT2D eigenvalue weighted by atomic mass is 10.1. The molecule has 1 amide bonds. The molecule has 33 heavy (non-hydrogen) atoms. The number of anilines is 1. The predicted molar refractivity (Wildman–Crippen MR) is 130 cm³/mol. The molecular weight excluding hydrogens is 439 g/mol. The fourth-order valence-corrected chi connectivity index (χ4v) is 4.34. The maximum atomic E-state index is 13.2. The summed E-state index contributed by atoms with van der Waals surface area (Å²) in [6.07, 6.45) is 2.80. The number of nitrogens with zero attached hydrogens (tertiary/aromatic N) is 3. The summed E-state index contributed by atoms with van der Waals surface area (Å²) in [6, 6.07) is 16.0. The smallest absolute Gasteiger partial charge is 0.251 e. The molecule has 1 aliphatic heterocycles. The van der Waals surface area contributed by atoms with E-state index in [1.807, 2.05) is 31.2 Å². The Kier molecular flexibility index (Phi) is 7.57. The van der Waals surface area contributed by atoms with E-state index in [0.29, 0.717) is 17.1 Å². The molecule has 0 spiro atoms. The van der Waals surface area contributed by atoms with Crippen LogP contribution in [0.25, 0.3) is 0 Å². The molecule has 0 saturated carbocycles. The van der Waals surface area contributed by atoms with Crippen molar-refractivity contribution in [1.82, 2.24) is 15.2 Å². The summed E-state index contributed by atoms with van der Waals surface area (Å²) in [5.41, 5.74) is 3.45. The van der Waals surface area contributed by atoms with E-state index in [4.69, 9.17) is 11.6 Å². The molecule has 0 atom stereocenters. The molecule has 1 saturated heterocycles. The second-order valence-corrected chi connectivity index (χ2v) is 8.73. The number of hydrogen-bond donors (Lipinski definition) is 1. The number of halogens is 2. The second-order valence-electron chi connectivity index (χ2n) is 8.32. The summed E-state index contributed by atoms with van der Waals surface area (Å²) in [4.78, 5) is 22.1. The molecule has 172 valence electrons. The Bertz CT molecular complexity index is 1110. The van der Waals surface area contributed by atoms with Crippen LogP contribution in [0.15, 0.2) is 60.8 Å². The van der Waals surface area contributed by atoms with Crippen molar-refractivity contribution in [2.45, 2.75) is 26.4 Å². The van der Waals surface area contributed by atoms with Crippen molar-refractivity contribution >= 4 is 23.3 Å². The third-order valence-electron chi connectivity index (χ3n) is 6.03. The van der Waals surface area contributed by atoms with E-state index < -0.39 is 0 Å². The van der Waals surface area contributed by atoms with Crippen LogP contribution in [0.2, 0.25) is 5.02 Å². The lowest BCUT2D eigenvalue weighted by Gasteiger charge is -2.25. The van der Waals surface area contributed by atoms with Crippen molar-refractivity contribution in [3.05, 3.63) is 93.9 Å². The predicted octanol–water partition coefficient (Wildman–Crippen LogP) is 4.82. The summed E-state index contributed by atoms with van der Waals surface area (Å²) < 4.78 is 13.2. The lowest BCUT2D eigenvalue weighted by molar-refractivity contribution is 0.0950. The first-order chi connectivity index (χ1) is 16.0. The Morgan fingerprint density at radius 2 is 1.88 bits per heavy atom. The third kappa shape index (κ3) is 5.89. The van der Waals surface area contributed by atoms with Gasteiger partial charge in [-0.15, -0.1) is 0 Å². The summed E-state index contributed by atoms with van der Waals surface area (Å²) in [6.45, 7) is 6.64. The number of nitrogens with one attached hydrogen (secondary N) is 1. The number of benzene rings is 2. The van der Waals surface area contributed by atoms with E-state index in [2.05, 4.69) is 20.1 Å². The SMILES string of the molecule is Cc1c(Cl)cccc1C(=O)NCc1cccnc1N1CCCN(Cc2ccc(F)cc2)CC1. The van der Waals surface area contributed by atoms with Crippen molar-refractivity contribution in [1.29, 1.82) is 0 Å². The number of pyridine rings is 1. The van der Waals surface area contributed by atoms with Gasteiger partial charge in [0.15, 0.2) is 0 Å². The van der Waals surface area contributed by atoms with Gasteiger partial charge in [-0.1, -0.05) is 35.9 Å². The molecule has 1 N–H and O–H groups in total. The maximum Gasteiger partial charge on any atom is 0.251 e. The molecule has 4 rings (SSSR count). The van der Waals surface area contributed by atoms with Crippen LogP contribution in [0.4, 0.5) is 10.2 Å². The quantitative estimate of drug-likeness (QED) is 0.565. The molecule has 0 unspecified atom stereocenters. The van der Waals surface area contributed by atoms with Crippen LogP contribution in [-0.4, -0.2) is 42.0 Å². The minimum atomic E-state index is -0.207. The first-order valence-electron chi connectivity index (χ1n) is 11.2. The fourth-order valence-electron chi connectivity index (χ4n) is 4.17. The van der Waals surface area contributed by atoms with Crippen LogP contribution in [0.3, 0.4) is 0 Å². The van der Waals surface area contributed by atoms with E-state index in [1.165, 1.54) is 12.1 Å². The van der Waals surface area contributed by atoms with Crippen LogP contribution >= 0.6 is 11.6 Å². The van der Waals surface area contributed by atoms with E-state index in [-0.39, 0.29) is 11.7 Å². The summed E-state index contributed by atoms with van der Waals surface area (Å²) in [5, 5.41) is 3.60. The van der Waals surface area contributed by atoms with Gasteiger partial charge in [0.05, 0.1) is 0 Å². The maximum absolute atomic E-state index is 13.2. The number of aromatic nitrogens is 1. The van der Waals surface area contributed by atoms with Crippen LogP contribution < -0.4 is 10.2 Å². The molecule has 3 aromatic rings. The molecule has 0 bridgehead atoms. The zero-order valence-electron chi connectivity index (χ0n) is 18.7. The highest BCUT2D eigenvalue weighted by atomic mass is 35.5. The summed E-state index contributed by atoms with van der Waals surface area (Å²) >= 11 is 6.17. The van der Waals surface area contributed by atoms with Crippen molar-refractivity contribution in [2.24, 2.45) is 0 Å². The average molecular weight is 467 g/mol. The highest BCUT2D eigenvalue weighted by Crippen LogP contribution is 2.21. The van der Waals surface area contributed by atoms with Gasteiger partial charge < -0.3 is 10.2 Å². The lowest BCUT2D eigenvalue weighted by Crippen LogP contribution is -2.32. The zero-order chi connectivity index (χ0) is 23.2. The zero-order valence-corrected chi connectivity index (χ0v) is 19.5. The Balaban J connectivity index is 1.40. The highest BCUT2D eigenvalue weighted by molar-refractivity contribution is 6.31. The van der Waals surface area contributed by atoms with Gasteiger partial charge in [0.25, 0.3) is 5.91 Å². The van der Waals surface area contributed by atoms with Gasteiger partial charge in [0.2, 0.25) is 0 Å². The average Bonchev–Trinajstić information content (AvgIpc) is 3.06. The highest BCUT2D eigenvalue weighted by Gasteiger charge is 2.19. The van der Waals surface area contributed by atoms with Crippen LogP contribution in [-0.2, 0) is 13.1 Å². The Labute approximate surface area is 199 Å². The molecule has 1 fully saturated rings. The van der Waals surface area contributed by atoms with Crippen LogP contribution in [0.5, 0.6) is 0 Å². The largest absolute Gasteiger partial charge is 0.355 e. The third-order valence-corrected chi connectivity index (χ3v) is 6.44. The number of carbonyl (C=O) groups excluding carboxylic acids is 1. The molecular formula is C26H28ClFN4O. The number of rotatable bonds is 6. The van der Waals surface area contributed by atoms with Crippen molar-refractivity contribution in [2.75, 3.05) is 31.1 Å². The normalized spacial score (nSPS) is 14.7. The molecule has 2 aromatic carbocycles. The van der Waals surface area contributed by atoms with Crippen molar-refractivity contribution in [3.63, 3.8) is 0 Å². The summed E-state index contributed by atoms with van der Waals surface area (Å²) in [5.74, 6) is 0.552. The molecule has 1 aliphatic rings. The van der Waals surface area contributed by atoms with Gasteiger partial charge in [0.1, 0.15) is 11.6 Å². The molecule has 7 heteroatoms. The number of amides is 1. The first-order valence-corrected chi connectivity index (χ1v) is 11.6. The molecule has 1 aromatic heterocycles. The molecule has 5 nitrogen and oxygen atoms in total. The second kappa shape index (κ2) is 10.8. The van der Waals surface area contributed by atoms with Gasteiger partial charge in [-0.05, 0) is 54.8 Å². The van der Waals surface area contributed by atoms with Gasteiger partial charge in [-0.2, -0.15) is 0 Å². The van der Waals surface area contributed by atoms with Crippen molar-refractivity contribution in [3.8, 4) is 0 Å². The topological polar surface area (TPSA) is 48.5 Å². The van der Waals surface area contributed by atoms with Gasteiger partial charge in [0, 0.05) is 61.6 Å². The minimum Gasteiger partial charge on any atom is -0.355 e. The molecule has 0 radical (unpaired) electrons. The standard InChI is InChI=1S/C26H28ClFN4O/c1-19-23(6-2-7-24(19)27)26(33)30-17-21-5-3-12-29-25(21)32-14-4-13-31(15-16-32)18-20-8-10-22(28)11-9-20/h2-3,5-12H,4,13-18H2,1H3,(H,30,33).